The van der Waals surface area contributed by atoms with Crippen LogP contribution >= 0.6 is 0 Å². The largest absolute Gasteiger partial charge is 0.299 e. The van der Waals surface area contributed by atoms with Crippen molar-refractivity contribution in [3.63, 3.8) is 0 Å². The summed E-state index contributed by atoms with van der Waals surface area (Å²) in [5.41, 5.74) is 2.59. The van der Waals surface area contributed by atoms with Crippen molar-refractivity contribution in [3.05, 3.63) is 105 Å². The number of anilines is 1. The van der Waals surface area contributed by atoms with E-state index in [4.69, 9.17) is 0 Å². The van der Waals surface area contributed by atoms with E-state index in [1.165, 1.54) is 25.1 Å². The Morgan fingerprint density at radius 1 is 0.941 bits per heavy atom. The first-order chi connectivity index (χ1) is 16.3. The Morgan fingerprint density at radius 3 is 2.09 bits per heavy atom. The highest BCUT2D eigenvalue weighted by atomic mass is 16.6. The molecule has 0 aromatic heterocycles. The minimum Gasteiger partial charge on any atom is -0.299 e. The number of imide groups is 1. The van der Waals surface area contributed by atoms with Gasteiger partial charge in [-0.15, -0.1) is 0 Å². The van der Waals surface area contributed by atoms with E-state index < -0.39 is 34.0 Å². The predicted molar refractivity (Wildman–Crippen MR) is 123 cm³/mol. The third-order valence-electron chi connectivity index (χ3n) is 7.82. The van der Waals surface area contributed by atoms with Gasteiger partial charge in [0.1, 0.15) is 5.78 Å². The van der Waals surface area contributed by atoms with Crippen molar-refractivity contribution in [2.24, 2.45) is 11.8 Å². The fourth-order valence-corrected chi connectivity index (χ4v) is 6.56. The van der Waals surface area contributed by atoms with Crippen molar-refractivity contribution in [2.45, 2.75) is 25.2 Å². The molecule has 3 aromatic carbocycles. The molecule has 2 bridgehead atoms. The number of nitro groups is 1. The first kappa shape index (κ1) is 20.5. The van der Waals surface area contributed by atoms with Gasteiger partial charge in [-0.2, -0.15) is 0 Å². The average molecular weight is 452 g/mol. The highest BCUT2D eigenvalue weighted by molar-refractivity contribution is 6.26. The lowest BCUT2D eigenvalue weighted by molar-refractivity contribution is -0.384. The summed E-state index contributed by atoms with van der Waals surface area (Å²) in [6, 6.07) is 19.3. The Labute approximate surface area is 195 Å². The van der Waals surface area contributed by atoms with Gasteiger partial charge in [0.05, 0.1) is 27.9 Å². The second kappa shape index (κ2) is 6.70. The number of hydrogen-bond donors (Lipinski definition) is 0. The lowest BCUT2D eigenvalue weighted by Crippen LogP contribution is -2.57. The number of hydrogen-bond acceptors (Lipinski definition) is 5. The molecule has 1 heterocycles. The normalized spacial score (nSPS) is 26.2. The quantitative estimate of drug-likeness (QED) is 0.339. The van der Waals surface area contributed by atoms with Crippen LogP contribution in [0.5, 0.6) is 0 Å². The Hall–Kier alpha value is -4.13. The van der Waals surface area contributed by atoms with E-state index in [-0.39, 0.29) is 23.1 Å². The molecule has 7 heteroatoms. The number of carbonyl (C=O) groups is 3. The molecule has 0 saturated carbocycles. The van der Waals surface area contributed by atoms with Crippen molar-refractivity contribution in [1.29, 1.82) is 0 Å². The molecule has 0 radical (unpaired) electrons. The zero-order valence-electron chi connectivity index (χ0n) is 18.5. The topological polar surface area (TPSA) is 97.6 Å². The van der Waals surface area contributed by atoms with Gasteiger partial charge >= 0.3 is 0 Å². The van der Waals surface area contributed by atoms with Crippen LogP contribution in [0.2, 0.25) is 0 Å². The Bertz CT molecular complexity index is 1410. The molecule has 34 heavy (non-hydrogen) atoms. The second-order valence-corrected chi connectivity index (χ2v) is 9.26. The summed E-state index contributed by atoms with van der Waals surface area (Å²) in [7, 11) is 0. The fraction of sp³-hybridized carbons (Fsp3) is 0.222. The number of carbonyl (C=O) groups excluding carboxylic acids is 3. The van der Waals surface area contributed by atoms with Crippen LogP contribution in [0.3, 0.4) is 0 Å². The summed E-state index contributed by atoms with van der Waals surface area (Å²) >= 11 is 0. The SMILES string of the molecule is CC(=O)C12c3ccccc3C(c3ccccc31)[C@H]1C(=O)N(c3cc([N+](=O)[O-])ccc3C)C(=O)[C@H]12. The van der Waals surface area contributed by atoms with Gasteiger partial charge in [-0.25, -0.2) is 4.90 Å². The highest BCUT2D eigenvalue weighted by Crippen LogP contribution is 2.64. The molecule has 7 rings (SSSR count). The van der Waals surface area contributed by atoms with Crippen LogP contribution in [0.4, 0.5) is 11.4 Å². The molecule has 3 aliphatic carbocycles. The van der Waals surface area contributed by atoms with Gasteiger partial charge in [0.15, 0.2) is 0 Å². The number of nitro benzene ring substituents is 1. The summed E-state index contributed by atoms with van der Waals surface area (Å²) in [4.78, 5) is 53.6. The van der Waals surface area contributed by atoms with E-state index >= 15 is 0 Å². The van der Waals surface area contributed by atoms with Crippen LogP contribution in [-0.2, 0) is 19.8 Å². The maximum absolute atomic E-state index is 14.1. The molecule has 2 amide bonds. The monoisotopic (exact) mass is 452 g/mol. The molecule has 1 saturated heterocycles. The number of ketones is 1. The predicted octanol–water partition coefficient (Wildman–Crippen LogP) is 4.04. The molecule has 0 N–H and O–H groups in total. The van der Waals surface area contributed by atoms with Crippen LogP contribution in [0.1, 0.15) is 40.7 Å². The van der Waals surface area contributed by atoms with Crippen molar-refractivity contribution < 1.29 is 19.3 Å². The van der Waals surface area contributed by atoms with Gasteiger partial charge in [0.2, 0.25) is 11.8 Å². The number of amides is 2. The summed E-state index contributed by atoms with van der Waals surface area (Å²) in [5, 5.41) is 11.4. The third-order valence-corrected chi connectivity index (χ3v) is 7.82. The molecule has 1 aliphatic heterocycles. The molecule has 168 valence electrons. The molecule has 1 fully saturated rings. The first-order valence-corrected chi connectivity index (χ1v) is 11.1. The van der Waals surface area contributed by atoms with Crippen molar-refractivity contribution in [3.8, 4) is 0 Å². The van der Waals surface area contributed by atoms with Crippen molar-refractivity contribution in [1.82, 2.24) is 0 Å². The number of Topliss-reactive ketones (excluding diaryl/α,β-unsaturated/α-hetero) is 1. The number of benzene rings is 3. The molecule has 3 aromatic rings. The van der Waals surface area contributed by atoms with Crippen LogP contribution in [0.15, 0.2) is 66.7 Å². The van der Waals surface area contributed by atoms with E-state index in [2.05, 4.69) is 0 Å². The summed E-state index contributed by atoms with van der Waals surface area (Å²) < 4.78 is 0. The molecular formula is C27H20N2O5. The number of aryl methyl sites for hydroxylation is 1. The maximum atomic E-state index is 14.1. The standard InChI is InChI=1S/C27H20N2O5/c1-14-11-12-16(29(33)34)13-21(14)28-25(31)23-22-17-7-3-5-9-19(17)27(15(2)30,24(23)26(28)32)20-10-6-4-8-18(20)22/h3-13,22-24H,1-2H3/t22?,23-,24+,27?/m1/s1. The van der Waals surface area contributed by atoms with Crippen LogP contribution in [-0.4, -0.2) is 22.5 Å². The van der Waals surface area contributed by atoms with E-state index in [0.717, 1.165) is 27.2 Å². The Morgan fingerprint density at radius 2 is 1.53 bits per heavy atom. The number of non-ortho nitro benzene ring substituents is 1. The van der Waals surface area contributed by atoms with E-state index in [1.807, 2.05) is 48.5 Å². The fourth-order valence-electron chi connectivity index (χ4n) is 6.56. The van der Waals surface area contributed by atoms with Gasteiger partial charge < -0.3 is 0 Å². The van der Waals surface area contributed by atoms with Crippen molar-refractivity contribution in [2.75, 3.05) is 4.90 Å². The third kappa shape index (κ3) is 2.24. The molecule has 2 atom stereocenters. The maximum Gasteiger partial charge on any atom is 0.271 e. The summed E-state index contributed by atoms with van der Waals surface area (Å²) in [5.74, 6) is -3.15. The minimum atomic E-state index is -1.29. The van der Waals surface area contributed by atoms with E-state index in [0.29, 0.717) is 5.56 Å². The van der Waals surface area contributed by atoms with Crippen molar-refractivity contribution >= 4 is 29.0 Å². The number of rotatable bonds is 3. The highest BCUT2D eigenvalue weighted by Gasteiger charge is 2.70. The molecule has 0 spiro atoms. The summed E-state index contributed by atoms with van der Waals surface area (Å²) in [6.45, 7) is 3.19. The Balaban J connectivity index is 1.65. The van der Waals surface area contributed by atoms with Gasteiger partial charge in [-0.3, -0.25) is 24.5 Å². The smallest absolute Gasteiger partial charge is 0.271 e. The van der Waals surface area contributed by atoms with Gasteiger partial charge in [0, 0.05) is 18.1 Å². The Kier molecular flexibility index (Phi) is 4.03. The van der Waals surface area contributed by atoms with E-state index in [9.17, 15) is 24.5 Å². The van der Waals surface area contributed by atoms with E-state index in [1.54, 1.807) is 6.92 Å². The van der Waals surface area contributed by atoms with Crippen LogP contribution < -0.4 is 4.90 Å². The summed E-state index contributed by atoms with van der Waals surface area (Å²) in [6.07, 6.45) is 0. The van der Waals surface area contributed by atoms with Crippen LogP contribution in [0.25, 0.3) is 0 Å². The molecule has 4 aliphatic rings. The average Bonchev–Trinajstić information content (AvgIpc) is 3.10. The molecule has 0 unspecified atom stereocenters. The lowest BCUT2D eigenvalue weighted by atomic mass is 9.46. The van der Waals surface area contributed by atoms with Gasteiger partial charge in [-0.1, -0.05) is 54.6 Å². The number of nitrogens with zero attached hydrogens (tertiary/aromatic N) is 2. The zero-order valence-corrected chi connectivity index (χ0v) is 18.5. The van der Waals surface area contributed by atoms with Crippen LogP contribution in [0, 0.1) is 28.9 Å². The van der Waals surface area contributed by atoms with Gasteiger partial charge in [0.25, 0.3) is 5.69 Å². The first-order valence-electron chi connectivity index (χ1n) is 11.1. The second-order valence-electron chi connectivity index (χ2n) is 9.26. The minimum absolute atomic E-state index is 0.195. The lowest BCUT2D eigenvalue weighted by Gasteiger charge is -2.52. The molecule has 7 nitrogen and oxygen atoms in total. The molecular weight excluding hydrogens is 432 g/mol. The zero-order chi connectivity index (χ0) is 23.9. The van der Waals surface area contributed by atoms with Gasteiger partial charge in [-0.05, 0) is 41.7 Å².